The van der Waals surface area contributed by atoms with E-state index >= 15 is 0 Å². The standard InChI is InChI=1S/C6H6FNO2/c1-4(9)6-8-3-5(2-7)10-6/h3H,2H2,1H3. The van der Waals surface area contributed by atoms with Crippen LogP contribution in [0, 0.1) is 0 Å². The van der Waals surface area contributed by atoms with E-state index in [2.05, 4.69) is 9.40 Å². The van der Waals surface area contributed by atoms with E-state index in [0.29, 0.717) is 0 Å². The quantitative estimate of drug-likeness (QED) is 0.587. The molecule has 10 heavy (non-hydrogen) atoms. The zero-order chi connectivity index (χ0) is 7.56. The molecule has 1 aromatic rings. The van der Waals surface area contributed by atoms with Gasteiger partial charge in [-0.2, -0.15) is 0 Å². The predicted octanol–water partition coefficient (Wildman–Crippen LogP) is 1.35. The molecule has 1 heterocycles. The number of carbonyl (C=O) groups is 1. The van der Waals surface area contributed by atoms with Crippen molar-refractivity contribution in [2.45, 2.75) is 13.6 Å². The highest BCUT2D eigenvalue weighted by Gasteiger charge is 2.06. The molecule has 0 spiro atoms. The molecule has 1 aromatic heterocycles. The smallest absolute Gasteiger partial charge is 0.263 e. The van der Waals surface area contributed by atoms with Gasteiger partial charge in [-0.1, -0.05) is 0 Å². The number of hydrogen-bond donors (Lipinski definition) is 0. The van der Waals surface area contributed by atoms with Crippen LogP contribution >= 0.6 is 0 Å². The minimum Gasteiger partial charge on any atom is -0.436 e. The van der Waals surface area contributed by atoms with Gasteiger partial charge in [-0.3, -0.25) is 4.79 Å². The molecule has 1 rings (SSSR count). The van der Waals surface area contributed by atoms with Crippen LogP contribution in [-0.2, 0) is 6.67 Å². The fraction of sp³-hybridized carbons (Fsp3) is 0.333. The molecule has 0 atom stereocenters. The van der Waals surface area contributed by atoms with E-state index in [4.69, 9.17) is 0 Å². The summed E-state index contributed by atoms with van der Waals surface area (Å²) in [5.41, 5.74) is 0. The third-order valence-electron chi connectivity index (χ3n) is 0.986. The van der Waals surface area contributed by atoms with Crippen molar-refractivity contribution in [3.8, 4) is 0 Å². The van der Waals surface area contributed by atoms with Crippen molar-refractivity contribution in [2.75, 3.05) is 0 Å². The average Bonchev–Trinajstić information content (AvgIpc) is 2.34. The first-order chi connectivity index (χ1) is 4.74. The summed E-state index contributed by atoms with van der Waals surface area (Å²) < 4.78 is 16.4. The molecule has 54 valence electrons. The van der Waals surface area contributed by atoms with Gasteiger partial charge in [0.15, 0.2) is 5.76 Å². The minimum atomic E-state index is -0.722. The summed E-state index contributed by atoms with van der Waals surface area (Å²) in [4.78, 5) is 14.0. The molecular weight excluding hydrogens is 137 g/mol. The van der Waals surface area contributed by atoms with Crippen LogP contribution in [0.4, 0.5) is 4.39 Å². The Hall–Kier alpha value is -1.19. The van der Waals surface area contributed by atoms with E-state index in [1.54, 1.807) is 0 Å². The van der Waals surface area contributed by atoms with Gasteiger partial charge >= 0.3 is 0 Å². The average molecular weight is 143 g/mol. The normalized spacial score (nSPS) is 9.80. The van der Waals surface area contributed by atoms with Gasteiger partial charge in [0.25, 0.3) is 5.89 Å². The highest BCUT2D eigenvalue weighted by Crippen LogP contribution is 2.04. The second-order valence-electron chi connectivity index (χ2n) is 1.82. The molecule has 4 heteroatoms. The van der Waals surface area contributed by atoms with Crippen LogP contribution in [0.2, 0.25) is 0 Å². The number of Topliss-reactive ketones (excluding diaryl/α,β-unsaturated/α-hetero) is 1. The third-order valence-corrected chi connectivity index (χ3v) is 0.986. The van der Waals surface area contributed by atoms with Crippen LogP contribution in [0.3, 0.4) is 0 Å². The Morgan fingerprint density at radius 2 is 2.60 bits per heavy atom. The second-order valence-corrected chi connectivity index (χ2v) is 1.82. The van der Waals surface area contributed by atoms with Gasteiger partial charge in [-0.15, -0.1) is 0 Å². The van der Waals surface area contributed by atoms with E-state index in [9.17, 15) is 9.18 Å². The lowest BCUT2D eigenvalue weighted by Crippen LogP contribution is -1.89. The van der Waals surface area contributed by atoms with E-state index in [0.717, 1.165) is 0 Å². The van der Waals surface area contributed by atoms with Gasteiger partial charge in [-0.25, -0.2) is 9.37 Å². The van der Waals surface area contributed by atoms with Crippen molar-refractivity contribution >= 4 is 5.78 Å². The number of rotatable bonds is 2. The van der Waals surface area contributed by atoms with Crippen molar-refractivity contribution in [3.63, 3.8) is 0 Å². The summed E-state index contributed by atoms with van der Waals surface area (Å²) in [6, 6.07) is 0. The topological polar surface area (TPSA) is 43.1 Å². The molecule has 0 saturated carbocycles. The molecule has 0 saturated heterocycles. The van der Waals surface area contributed by atoms with Crippen molar-refractivity contribution in [3.05, 3.63) is 17.8 Å². The largest absolute Gasteiger partial charge is 0.436 e. The van der Waals surface area contributed by atoms with Gasteiger partial charge in [0.1, 0.15) is 6.67 Å². The maximum Gasteiger partial charge on any atom is 0.263 e. The Morgan fingerprint density at radius 3 is 2.90 bits per heavy atom. The maximum absolute atomic E-state index is 11.8. The van der Waals surface area contributed by atoms with Crippen LogP contribution in [0.25, 0.3) is 0 Å². The van der Waals surface area contributed by atoms with Crippen molar-refractivity contribution in [2.24, 2.45) is 0 Å². The highest BCUT2D eigenvalue weighted by atomic mass is 19.1. The number of oxazole rings is 1. The Labute approximate surface area is 56.9 Å². The van der Waals surface area contributed by atoms with Crippen LogP contribution in [0.15, 0.2) is 10.6 Å². The van der Waals surface area contributed by atoms with E-state index in [-0.39, 0.29) is 17.4 Å². The predicted molar refractivity (Wildman–Crippen MR) is 31.3 cm³/mol. The summed E-state index contributed by atoms with van der Waals surface area (Å²) in [5.74, 6) is -0.238. The van der Waals surface area contributed by atoms with Gasteiger partial charge in [-0.05, 0) is 0 Å². The Kier molecular flexibility index (Phi) is 1.80. The Morgan fingerprint density at radius 1 is 1.90 bits per heavy atom. The summed E-state index contributed by atoms with van der Waals surface area (Å²) in [5, 5.41) is 0. The second kappa shape index (κ2) is 2.60. The molecule has 0 N–H and O–H groups in total. The number of nitrogens with zero attached hydrogens (tertiary/aromatic N) is 1. The lowest BCUT2D eigenvalue weighted by atomic mass is 10.5. The summed E-state index contributed by atoms with van der Waals surface area (Å²) in [7, 11) is 0. The SMILES string of the molecule is CC(=O)c1ncc(CF)o1. The van der Waals surface area contributed by atoms with Crippen LogP contribution in [-0.4, -0.2) is 10.8 Å². The van der Waals surface area contributed by atoms with Gasteiger partial charge in [0.05, 0.1) is 6.20 Å². The van der Waals surface area contributed by atoms with E-state index in [1.807, 2.05) is 0 Å². The van der Waals surface area contributed by atoms with Crippen LogP contribution in [0.5, 0.6) is 0 Å². The lowest BCUT2D eigenvalue weighted by Gasteiger charge is -1.82. The first-order valence-electron chi connectivity index (χ1n) is 2.75. The highest BCUT2D eigenvalue weighted by molar-refractivity contribution is 5.89. The van der Waals surface area contributed by atoms with Crippen LogP contribution < -0.4 is 0 Å². The first kappa shape index (κ1) is 6.92. The third kappa shape index (κ3) is 1.21. The maximum atomic E-state index is 11.8. The number of hydrogen-bond acceptors (Lipinski definition) is 3. The Bertz CT molecular complexity index is 244. The van der Waals surface area contributed by atoms with Crippen molar-refractivity contribution in [1.82, 2.24) is 4.98 Å². The molecule has 3 nitrogen and oxygen atoms in total. The summed E-state index contributed by atoms with van der Waals surface area (Å²) in [6.45, 7) is 0.591. The molecule has 0 aliphatic carbocycles. The molecule has 0 amide bonds. The molecule has 0 unspecified atom stereocenters. The molecule has 0 aromatic carbocycles. The number of carbonyl (C=O) groups excluding carboxylic acids is 1. The van der Waals surface area contributed by atoms with E-state index < -0.39 is 6.67 Å². The first-order valence-corrected chi connectivity index (χ1v) is 2.75. The molecule has 0 aliphatic rings. The number of halogens is 1. The monoisotopic (exact) mass is 143 g/mol. The zero-order valence-electron chi connectivity index (χ0n) is 5.43. The number of ketones is 1. The molecule has 0 aliphatic heterocycles. The molecule has 0 bridgehead atoms. The van der Waals surface area contributed by atoms with Crippen LogP contribution in [0.1, 0.15) is 23.4 Å². The van der Waals surface area contributed by atoms with Crippen molar-refractivity contribution < 1.29 is 13.6 Å². The lowest BCUT2D eigenvalue weighted by molar-refractivity contribution is 0.0978. The van der Waals surface area contributed by atoms with E-state index in [1.165, 1.54) is 13.1 Å². The van der Waals surface area contributed by atoms with Crippen molar-refractivity contribution in [1.29, 1.82) is 0 Å². The fourth-order valence-corrected chi connectivity index (χ4v) is 0.532. The number of alkyl halides is 1. The van der Waals surface area contributed by atoms with Gasteiger partial charge in [0.2, 0.25) is 5.78 Å². The Balaban J connectivity index is 2.88. The zero-order valence-corrected chi connectivity index (χ0v) is 5.43. The fourth-order valence-electron chi connectivity index (χ4n) is 0.532. The number of aromatic nitrogens is 1. The molecular formula is C6H6FNO2. The molecule has 0 radical (unpaired) electrons. The molecule has 0 fully saturated rings. The van der Waals surface area contributed by atoms with Gasteiger partial charge < -0.3 is 4.42 Å². The van der Waals surface area contributed by atoms with Gasteiger partial charge in [0, 0.05) is 6.92 Å². The minimum absolute atomic E-state index is 0.0346. The summed E-state index contributed by atoms with van der Waals surface area (Å²) in [6.07, 6.45) is 1.21. The summed E-state index contributed by atoms with van der Waals surface area (Å²) >= 11 is 0.